The summed E-state index contributed by atoms with van der Waals surface area (Å²) in [6.07, 6.45) is 2.12. The van der Waals surface area contributed by atoms with Crippen molar-refractivity contribution in [2.75, 3.05) is 13.7 Å². The molecule has 0 aliphatic heterocycles. The Morgan fingerprint density at radius 2 is 2.24 bits per heavy atom. The van der Waals surface area contributed by atoms with Gasteiger partial charge in [0, 0.05) is 13.0 Å². The van der Waals surface area contributed by atoms with Crippen LogP contribution in [0.5, 0.6) is 0 Å². The summed E-state index contributed by atoms with van der Waals surface area (Å²) >= 11 is 1.71. The largest absolute Gasteiger partial charge is 0.375 e. The molecule has 0 radical (unpaired) electrons. The summed E-state index contributed by atoms with van der Waals surface area (Å²) in [5, 5.41) is 7.44. The van der Waals surface area contributed by atoms with Crippen molar-refractivity contribution in [1.82, 2.24) is 5.32 Å². The summed E-state index contributed by atoms with van der Waals surface area (Å²) < 4.78 is 4.95. The minimum Gasteiger partial charge on any atom is -0.375 e. The first-order valence-corrected chi connectivity index (χ1v) is 8.12. The van der Waals surface area contributed by atoms with Crippen molar-refractivity contribution in [3.63, 3.8) is 0 Å². The Kier molecular flexibility index (Phi) is 4.36. The minimum absolute atomic E-state index is 0.0344. The third-order valence-corrected chi connectivity index (χ3v) is 4.78. The van der Waals surface area contributed by atoms with E-state index in [4.69, 9.17) is 4.74 Å². The summed E-state index contributed by atoms with van der Waals surface area (Å²) in [5.74, 6) is 0.284. The number of fused-ring (bicyclic) bond motifs is 1. The van der Waals surface area contributed by atoms with Crippen LogP contribution in [0.1, 0.15) is 35.1 Å². The molecule has 1 heterocycles. The van der Waals surface area contributed by atoms with Crippen LogP contribution < -0.4 is 5.32 Å². The van der Waals surface area contributed by atoms with Gasteiger partial charge in [0.25, 0.3) is 0 Å². The maximum atomic E-state index is 12.0. The third kappa shape index (κ3) is 3.01. The number of aryl methyl sites for hydroxylation is 1. The van der Waals surface area contributed by atoms with Gasteiger partial charge < -0.3 is 10.1 Å². The van der Waals surface area contributed by atoms with Gasteiger partial charge >= 0.3 is 0 Å². The van der Waals surface area contributed by atoms with E-state index in [1.165, 1.54) is 16.7 Å². The van der Waals surface area contributed by atoms with Crippen LogP contribution in [0, 0.1) is 0 Å². The maximum Gasteiger partial charge on any atom is 0.246 e. The van der Waals surface area contributed by atoms with E-state index in [-0.39, 0.29) is 18.6 Å². The highest BCUT2D eigenvalue weighted by atomic mass is 32.1. The number of carbonyl (C=O) groups excluding carboxylic acids is 1. The summed E-state index contributed by atoms with van der Waals surface area (Å²) in [6.45, 7) is 0.106. The van der Waals surface area contributed by atoms with Crippen molar-refractivity contribution in [2.24, 2.45) is 0 Å². The van der Waals surface area contributed by atoms with Gasteiger partial charge in [0.1, 0.15) is 6.61 Å². The SMILES string of the molecule is COCC(=O)N[C@@H]1c2ccccc2CC[C@H]1c1ccsc1. The molecule has 3 rings (SSSR count). The molecule has 1 N–H and O–H groups in total. The van der Waals surface area contributed by atoms with Gasteiger partial charge in [-0.1, -0.05) is 24.3 Å². The van der Waals surface area contributed by atoms with Crippen molar-refractivity contribution >= 4 is 17.2 Å². The molecule has 0 saturated heterocycles. The molecular weight excluding hydrogens is 282 g/mol. The van der Waals surface area contributed by atoms with Gasteiger partial charge in [0.05, 0.1) is 6.04 Å². The molecule has 0 bridgehead atoms. The molecule has 2 aromatic rings. The number of methoxy groups -OCH3 is 1. The van der Waals surface area contributed by atoms with E-state index in [0.29, 0.717) is 5.92 Å². The lowest BCUT2D eigenvalue weighted by Gasteiger charge is -2.34. The molecular formula is C17H19NO2S. The molecule has 0 spiro atoms. The van der Waals surface area contributed by atoms with Gasteiger partial charge in [0.2, 0.25) is 5.91 Å². The Bertz CT molecular complexity index is 609. The average molecular weight is 301 g/mol. The molecule has 0 unspecified atom stereocenters. The van der Waals surface area contributed by atoms with E-state index in [1.54, 1.807) is 18.4 Å². The number of benzene rings is 1. The topological polar surface area (TPSA) is 38.3 Å². The number of nitrogens with one attached hydrogen (secondary N) is 1. The Morgan fingerprint density at radius 1 is 1.38 bits per heavy atom. The van der Waals surface area contributed by atoms with Crippen LogP contribution in [-0.4, -0.2) is 19.6 Å². The highest BCUT2D eigenvalue weighted by Gasteiger charge is 2.31. The lowest BCUT2D eigenvalue weighted by atomic mass is 9.77. The van der Waals surface area contributed by atoms with Crippen LogP contribution in [0.3, 0.4) is 0 Å². The number of ether oxygens (including phenoxy) is 1. The molecule has 1 aliphatic rings. The molecule has 3 nitrogen and oxygen atoms in total. The fourth-order valence-corrected chi connectivity index (χ4v) is 3.85. The predicted octanol–water partition coefficient (Wildman–Crippen LogP) is 3.28. The van der Waals surface area contributed by atoms with E-state index in [9.17, 15) is 4.79 Å². The normalized spacial score (nSPS) is 20.8. The third-order valence-electron chi connectivity index (χ3n) is 4.08. The van der Waals surface area contributed by atoms with E-state index >= 15 is 0 Å². The fraction of sp³-hybridized carbons (Fsp3) is 0.353. The van der Waals surface area contributed by atoms with Crippen molar-refractivity contribution in [1.29, 1.82) is 0 Å². The number of hydrogen-bond donors (Lipinski definition) is 1. The molecule has 1 aliphatic carbocycles. The van der Waals surface area contributed by atoms with Crippen molar-refractivity contribution in [3.8, 4) is 0 Å². The van der Waals surface area contributed by atoms with Gasteiger partial charge in [-0.2, -0.15) is 11.3 Å². The van der Waals surface area contributed by atoms with Gasteiger partial charge in [-0.3, -0.25) is 4.79 Å². The van der Waals surface area contributed by atoms with E-state index in [1.807, 2.05) is 6.07 Å². The average Bonchev–Trinajstić information content (AvgIpc) is 3.02. The zero-order chi connectivity index (χ0) is 14.7. The second-order valence-electron chi connectivity index (χ2n) is 5.38. The highest BCUT2D eigenvalue weighted by Crippen LogP contribution is 2.41. The summed E-state index contributed by atoms with van der Waals surface area (Å²) in [6, 6.07) is 10.6. The van der Waals surface area contributed by atoms with Crippen LogP contribution in [0.2, 0.25) is 0 Å². The molecule has 4 heteroatoms. The fourth-order valence-electron chi connectivity index (χ4n) is 3.13. The summed E-state index contributed by atoms with van der Waals surface area (Å²) in [4.78, 5) is 12.0. The number of rotatable bonds is 4. The van der Waals surface area contributed by atoms with E-state index in [0.717, 1.165) is 12.8 Å². The molecule has 1 aromatic carbocycles. The monoisotopic (exact) mass is 301 g/mol. The molecule has 110 valence electrons. The van der Waals surface area contributed by atoms with Crippen LogP contribution in [-0.2, 0) is 16.0 Å². The Morgan fingerprint density at radius 3 is 3.00 bits per heavy atom. The first kappa shape index (κ1) is 14.3. The second-order valence-corrected chi connectivity index (χ2v) is 6.16. The number of carbonyl (C=O) groups is 1. The number of hydrogen-bond acceptors (Lipinski definition) is 3. The van der Waals surface area contributed by atoms with Crippen LogP contribution in [0.4, 0.5) is 0 Å². The Balaban J connectivity index is 1.92. The number of amides is 1. The zero-order valence-corrected chi connectivity index (χ0v) is 12.9. The maximum absolute atomic E-state index is 12.0. The van der Waals surface area contributed by atoms with Gasteiger partial charge in [-0.25, -0.2) is 0 Å². The first-order chi connectivity index (χ1) is 10.3. The van der Waals surface area contributed by atoms with Gasteiger partial charge in [0.15, 0.2) is 0 Å². The summed E-state index contributed by atoms with van der Waals surface area (Å²) in [7, 11) is 1.55. The van der Waals surface area contributed by atoms with Crippen LogP contribution >= 0.6 is 11.3 Å². The molecule has 0 saturated carbocycles. The van der Waals surface area contributed by atoms with Crippen LogP contribution in [0.25, 0.3) is 0 Å². The number of thiophene rings is 1. The first-order valence-electron chi connectivity index (χ1n) is 7.18. The summed E-state index contributed by atoms with van der Waals surface area (Å²) in [5.41, 5.74) is 3.90. The molecule has 1 amide bonds. The van der Waals surface area contributed by atoms with Crippen molar-refractivity contribution in [3.05, 3.63) is 57.8 Å². The van der Waals surface area contributed by atoms with E-state index in [2.05, 4.69) is 40.3 Å². The lowest BCUT2D eigenvalue weighted by molar-refractivity contribution is -0.125. The standard InChI is InChI=1S/C17H19NO2S/c1-20-10-16(19)18-17-14-5-3-2-4-12(14)6-7-15(17)13-8-9-21-11-13/h2-5,8-9,11,15,17H,6-7,10H2,1H3,(H,18,19)/t15-,17+/m0/s1. The van der Waals surface area contributed by atoms with Crippen molar-refractivity contribution < 1.29 is 9.53 Å². The smallest absolute Gasteiger partial charge is 0.246 e. The predicted molar refractivity (Wildman–Crippen MR) is 84.6 cm³/mol. The Hall–Kier alpha value is -1.65. The highest BCUT2D eigenvalue weighted by molar-refractivity contribution is 7.08. The molecule has 0 fully saturated rings. The molecule has 1 aromatic heterocycles. The lowest BCUT2D eigenvalue weighted by Crippen LogP contribution is -2.37. The Labute approximate surface area is 129 Å². The van der Waals surface area contributed by atoms with Gasteiger partial charge in [-0.05, 0) is 46.4 Å². The minimum atomic E-state index is -0.0561. The zero-order valence-electron chi connectivity index (χ0n) is 12.0. The quantitative estimate of drug-likeness (QED) is 0.941. The second kappa shape index (κ2) is 6.41. The van der Waals surface area contributed by atoms with Crippen molar-refractivity contribution in [2.45, 2.75) is 24.8 Å². The van der Waals surface area contributed by atoms with Gasteiger partial charge in [-0.15, -0.1) is 0 Å². The van der Waals surface area contributed by atoms with E-state index < -0.39 is 0 Å². The van der Waals surface area contributed by atoms with Crippen LogP contribution in [0.15, 0.2) is 41.1 Å². The molecule has 21 heavy (non-hydrogen) atoms. The molecule has 2 atom stereocenters.